The fourth-order valence-electron chi connectivity index (χ4n) is 2.22. The zero-order valence-electron chi connectivity index (χ0n) is 10.5. The summed E-state index contributed by atoms with van der Waals surface area (Å²) in [6.45, 7) is 0.732. The van der Waals surface area contributed by atoms with Gasteiger partial charge in [-0.2, -0.15) is 4.98 Å². The van der Waals surface area contributed by atoms with Crippen LogP contribution < -0.4 is 0 Å². The minimum Gasteiger partial charge on any atom is -0.368 e. The van der Waals surface area contributed by atoms with E-state index in [9.17, 15) is 4.39 Å². The molecule has 2 aromatic rings. The van der Waals surface area contributed by atoms with Gasteiger partial charge in [-0.15, -0.1) is 0 Å². The van der Waals surface area contributed by atoms with Crippen molar-refractivity contribution in [1.82, 2.24) is 10.1 Å². The largest absolute Gasteiger partial charge is 0.368 e. The summed E-state index contributed by atoms with van der Waals surface area (Å²) in [6.07, 6.45) is 3.32. The molecule has 1 aromatic carbocycles. The summed E-state index contributed by atoms with van der Waals surface area (Å²) in [5.74, 6) is 0.753. The minimum absolute atomic E-state index is 0.101. The number of benzene rings is 1. The van der Waals surface area contributed by atoms with E-state index in [1.165, 1.54) is 6.07 Å². The van der Waals surface area contributed by atoms with Gasteiger partial charge in [0.2, 0.25) is 0 Å². The Hall–Kier alpha value is -1.75. The van der Waals surface area contributed by atoms with Crippen LogP contribution in [0.2, 0.25) is 0 Å². The molecule has 0 radical (unpaired) electrons. The van der Waals surface area contributed by atoms with Crippen molar-refractivity contribution in [1.29, 1.82) is 0 Å². The van der Waals surface area contributed by atoms with Gasteiger partial charge >= 0.3 is 0 Å². The van der Waals surface area contributed by atoms with E-state index in [1.54, 1.807) is 18.2 Å². The summed E-state index contributed by atoms with van der Waals surface area (Å²) >= 11 is 0. The molecule has 19 heavy (non-hydrogen) atoms. The van der Waals surface area contributed by atoms with E-state index in [1.807, 2.05) is 0 Å². The summed E-state index contributed by atoms with van der Waals surface area (Å²) in [4.78, 5) is 4.30. The van der Waals surface area contributed by atoms with E-state index in [0.29, 0.717) is 23.7 Å². The zero-order chi connectivity index (χ0) is 13.1. The molecule has 2 heterocycles. The minimum atomic E-state index is -0.247. The Bertz CT molecular complexity index is 550. The summed E-state index contributed by atoms with van der Waals surface area (Å²) in [7, 11) is 0. The standard InChI is InChI=1S/C14H15FN2O2/c15-11-6-2-1-5-10(11)9-13-16-14(19-17-13)12-7-3-4-8-18-12/h1-2,5-6,12H,3-4,7-9H2. The topological polar surface area (TPSA) is 48.2 Å². The van der Waals surface area contributed by atoms with E-state index >= 15 is 0 Å². The molecule has 0 N–H and O–H groups in total. The van der Waals surface area contributed by atoms with E-state index < -0.39 is 0 Å². The van der Waals surface area contributed by atoms with Gasteiger partial charge in [-0.3, -0.25) is 0 Å². The number of halogens is 1. The average Bonchev–Trinajstić information content (AvgIpc) is 2.91. The first kappa shape index (κ1) is 12.3. The van der Waals surface area contributed by atoms with Crippen LogP contribution in [0.3, 0.4) is 0 Å². The van der Waals surface area contributed by atoms with Gasteiger partial charge < -0.3 is 9.26 Å². The molecule has 0 aliphatic carbocycles. The van der Waals surface area contributed by atoms with Crippen molar-refractivity contribution < 1.29 is 13.7 Å². The van der Waals surface area contributed by atoms with E-state index in [4.69, 9.17) is 9.26 Å². The van der Waals surface area contributed by atoms with E-state index in [0.717, 1.165) is 25.9 Å². The molecule has 1 unspecified atom stereocenters. The Kier molecular flexibility index (Phi) is 3.55. The molecule has 0 saturated carbocycles. The molecule has 5 heteroatoms. The van der Waals surface area contributed by atoms with Crippen LogP contribution in [0.25, 0.3) is 0 Å². The highest BCUT2D eigenvalue weighted by Crippen LogP contribution is 2.26. The Balaban J connectivity index is 1.73. The molecule has 1 aliphatic rings. The fourth-order valence-corrected chi connectivity index (χ4v) is 2.22. The van der Waals surface area contributed by atoms with Gasteiger partial charge in [0, 0.05) is 13.0 Å². The highest BCUT2D eigenvalue weighted by atomic mass is 19.1. The van der Waals surface area contributed by atoms with Crippen molar-refractivity contribution >= 4 is 0 Å². The van der Waals surface area contributed by atoms with Crippen molar-refractivity contribution in [2.75, 3.05) is 6.61 Å². The maximum Gasteiger partial charge on any atom is 0.255 e. The Morgan fingerprint density at radius 1 is 1.26 bits per heavy atom. The van der Waals surface area contributed by atoms with Crippen LogP contribution in [0.1, 0.15) is 42.6 Å². The molecule has 3 rings (SSSR count). The molecule has 100 valence electrons. The summed E-state index contributed by atoms with van der Waals surface area (Å²) in [5.41, 5.74) is 0.569. The quantitative estimate of drug-likeness (QED) is 0.853. The summed E-state index contributed by atoms with van der Waals surface area (Å²) in [5, 5.41) is 3.90. The lowest BCUT2D eigenvalue weighted by Gasteiger charge is -2.18. The predicted molar refractivity (Wildman–Crippen MR) is 66.0 cm³/mol. The normalized spacial score (nSPS) is 19.5. The monoisotopic (exact) mass is 262 g/mol. The smallest absolute Gasteiger partial charge is 0.255 e. The van der Waals surface area contributed by atoms with Gasteiger partial charge in [0.15, 0.2) is 5.82 Å². The number of rotatable bonds is 3. The molecule has 1 fully saturated rings. The second-order valence-corrected chi connectivity index (χ2v) is 4.67. The molecule has 4 nitrogen and oxygen atoms in total. The third-order valence-corrected chi connectivity index (χ3v) is 3.25. The third kappa shape index (κ3) is 2.81. The fraction of sp³-hybridized carbons (Fsp3) is 0.429. The second-order valence-electron chi connectivity index (χ2n) is 4.67. The van der Waals surface area contributed by atoms with Crippen LogP contribution in [-0.4, -0.2) is 16.7 Å². The first-order valence-electron chi connectivity index (χ1n) is 6.50. The molecule has 1 aliphatic heterocycles. The second kappa shape index (κ2) is 5.48. The van der Waals surface area contributed by atoms with Gasteiger partial charge in [0.1, 0.15) is 11.9 Å². The first-order chi connectivity index (χ1) is 9.33. The van der Waals surface area contributed by atoms with Crippen LogP contribution in [0, 0.1) is 5.82 Å². The third-order valence-electron chi connectivity index (χ3n) is 3.25. The Morgan fingerprint density at radius 2 is 2.16 bits per heavy atom. The van der Waals surface area contributed by atoms with Crippen molar-refractivity contribution in [3.63, 3.8) is 0 Å². The molecular weight excluding hydrogens is 247 g/mol. The predicted octanol–water partition coefficient (Wildman–Crippen LogP) is 3.04. The lowest BCUT2D eigenvalue weighted by molar-refractivity contribution is -0.00459. The molecule has 0 bridgehead atoms. The Morgan fingerprint density at radius 3 is 2.95 bits per heavy atom. The molecule has 0 amide bonds. The molecule has 1 atom stereocenters. The van der Waals surface area contributed by atoms with Crippen molar-refractivity contribution in [2.24, 2.45) is 0 Å². The van der Waals surface area contributed by atoms with Gasteiger partial charge in [0.05, 0.1) is 0 Å². The van der Waals surface area contributed by atoms with Gasteiger partial charge in [-0.05, 0) is 30.9 Å². The molecule has 1 saturated heterocycles. The highest BCUT2D eigenvalue weighted by Gasteiger charge is 2.22. The zero-order valence-corrected chi connectivity index (χ0v) is 10.5. The van der Waals surface area contributed by atoms with E-state index in [-0.39, 0.29) is 11.9 Å². The molecule has 0 spiro atoms. The summed E-state index contributed by atoms with van der Waals surface area (Å²) < 4.78 is 24.3. The SMILES string of the molecule is Fc1ccccc1Cc1noc(C2CCCCO2)n1. The number of hydrogen-bond acceptors (Lipinski definition) is 4. The number of hydrogen-bond donors (Lipinski definition) is 0. The van der Waals surface area contributed by atoms with Gasteiger partial charge in [-0.1, -0.05) is 23.4 Å². The highest BCUT2D eigenvalue weighted by molar-refractivity contribution is 5.20. The lowest BCUT2D eigenvalue weighted by atomic mass is 10.1. The van der Waals surface area contributed by atoms with Crippen LogP contribution >= 0.6 is 0 Å². The number of nitrogens with zero attached hydrogens (tertiary/aromatic N) is 2. The van der Waals surface area contributed by atoms with Crippen molar-refractivity contribution in [3.05, 3.63) is 47.4 Å². The molecular formula is C14H15FN2O2. The van der Waals surface area contributed by atoms with Crippen molar-refractivity contribution in [3.8, 4) is 0 Å². The Labute approximate surface area is 110 Å². The van der Waals surface area contributed by atoms with Crippen LogP contribution in [-0.2, 0) is 11.2 Å². The maximum atomic E-state index is 13.5. The van der Waals surface area contributed by atoms with Crippen LogP contribution in [0.15, 0.2) is 28.8 Å². The number of ether oxygens (including phenoxy) is 1. The van der Waals surface area contributed by atoms with E-state index in [2.05, 4.69) is 10.1 Å². The number of aromatic nitrogens is 2. The van der Waals surface area contributed by atoms with Crippen molar-refractivity contribution in [2.45, 2.75) is 31.8 Å². The average molecular weight is 262 g/mol. The maximum absolute atomic E-state index is 13.5. The first-order valence-corrected chi connectivity index (χ1v) is 6.50. The van der Waals surface area contributed by atoms with Crippen LogP contribution in [0.4, 0.5) is 4.39 Å². The molecule has 1 aromatic heterocycles. The van der Waals surface area contributed by atoms with Crippen LogP contribution in [0.5, 0.6) is 0 Å². The van der Waals surface area contributed by atoms with Gasteiger partial charge in [0.25, 0.3) is 5.89 Å². The van der Waals surface area contributed by atoms with Gasteiger partial charge in [-0.25, -0.2) is 4.39 Å². The summed E-state index contributed by atoms with van der Waals surface area (Å²) in [6, 6.07) is 6.61. The lowest BCUT2D eigenvalue weighted by Crippen LogP contribution is -2.11.